The van der Waals surface area contributed by atoms with E-state index in [9.17, 15) is 14.7 Å². The fourth-order valence-corrected chi connectivity index (χ4v) is 2.94. The molecule has 114 valence electrons. The normalized spacial score (nSPS) is 22.4. The summed E-state index contributed by atoms with van der Waals surface area (Å²) >= 11 is 6.03. The van der Waals surface area contributed by atoms with E-state index in [1.54, 1.807) is 18.2 Å². The van der Waals surface area contributed by atoms with Crippen LogP contribution in [0.5, 0.6) is 0 Å². The first-order valence-electron chi connectivity index (χ1n) is 7.29. The van der Waals surface area contributed by atoms with Crippen molar-refractivity contribution < 1.29 is 14.7 Å². The number of carboxylic acids is 1. The van der Waals surface area contributed by atoms with E-state index in [-0.39, 0.29) is 11.9 Å². The molecule has 1 aromatic carbocycles. The number of aryl methyl sites for hydroxylation is 1. The Morgan fingerprint density at radius 2 is 1.95 bits per heavy atom. The molecule has 1 amide bonds. The van der Waals surface area contributed by atoms with E-state index in [0.29, 0.717) is 23.4 Å². The minimum Gasteiger partial charge on any atom is -0.481 e. The van der Waals surface area contributed by atoms with Crippen molar-refractivity contribution in [3.63, 3.8) is 0 Å². The van der Waals surface area contributed by atoms with Crippen LogP contribution in [0.3, 0.4) is 0 Å². The Kier molecular flexibility index (Phi) is 5.23. The van der Waals surface area contributed by atoms with Crippen LogP contribution in [0, 0.1) is 12.8 Å². The van der Waals surface area contributed by atoms with E-state index in [2.05, 4.69) is 5.32 Å². The lowest BCUT2D eigenvalue weighted by Crippen LogP contribution is -2.42. The van der Waals surface area contributed by atoms with E-state index >= 15 is 0 Å². The van der Waals surface area contributed by atoms with Crippen LogP contribution in [-0.2, 0) is 4.79 Å². The highest BCUT2D eigenvalue weighted by Crippen LogP contribution is 2.24. The molecule has 0 saturated heterocycles. The summed E-state index contributed by atoms with van der Waals surface area (Å²) in [5.74, 6) is -1.59. The van der Waals surface area contributed by atoms with Gasteiger partial charge in [-0.1, -0.05) is 36.9 Å². The van der Waals surface area contributed by atoms with Crippen LogP contribution in [0.2, 0.25) is 5.02 Å². The Bertz CT molecular complexity index is 544. The second-order valence-electron chi connectivity index (χ2n) is 5.63. The lowest BCUT2D eigenvalue weighted by Gasteiger charge is -2.23. The second-order valence-corrected chi connectivity index (χ2v) is 6.03. The van der Waals surface area contributed by atoms with Crippen LogP contribution in [0.1, 0.15) is 48.0 Å². The Balaban J connectivity index is 2.12. The lowest BCUT2D eigenvalue weighted by molar-refractivity contribution is -0.142. The zero-order valence-corrected chi connectivity index (χ0v) is 12.8. The first kappa shape index (κ1) is 15.8. The molecule has 2 atom stereocenters. The molecule has 2 N–H and O–H groups in total. The highest BCUT2D eigenvalue weighted by molar-refractivity contribution is 6.31. The van der Waals surface area contributed by atoms with Gasteiger partial charge in [-0.15, -0.1) is 0 Å². The molecule has 0 aromatic heterocycles. The maximum Gasteiger partial charge on any atom is 0.308 e. The molecule has 21 heavy (non-hydrogen) atoms. The largest absolute Gasteiger partial charge is 0.481 e. The summed E-state index contributed by atoms with van der Waals surface area (Å²) in [5, 5.41) is 12.7. The molecule has 2 rings (SSSR count). The number of aliphatic carboxylic acids is 1. The summed E-state index contributed by atoms with van der Waals surface area (Å²) in [4.78, 5) is 23.7. The molecule has 1 saturated carbocycles. The van der Waals surface area contributed by atoms with Crippen LogP contribution in [-0.4, -0.2) is 23.0 Å². The molecule has 0 radical (unpaired) electrons. The van der Waals surface area contributed by atoms with Crippen LogP contribution >= 0.6 is 11.6 Å². The van der Waals surface area contributed by atoms with Crippen molar-refractivity contribution in [3.05, 3.63) is 34.3 Å². The van der Waals surface area contributed by atoms with Gasteiger partial charge < -0.3 is 10.4 Å². The number of amides is 1. The van der Waals surface area contributed by atoms with Gasteiger partial charge in [-0.3, -0.25) is 9.59 Å². The monoisotopic (exact) mass is 309 g/mol. The van der Waals surface area contributed by atoms with E-state index in [4.69, 9.17) is 11.6 Å². The summed E-state index contributed by atoms with van der Waals surface area (Å²) in [6, 6.07) is 4.82. The molecule has 2 unspecified atom stereocenters. The number of rotatable bonds is 3. The zero-order valence-electron chi connectivity index (χ0n) is 12.1. The van der Waals surface area contributed by atoms with Gasteiger partial charge in [0.05, 0.1) is 5.92 Å². The first-order chi connectivity index (χ1) is 9.99. The van der Waals surface area contributed by atoms with Crippen molar-refractivity contribution in [2.45, 2.75) is 45.1 Å². The molecule has 0 heterocycles. The predicted octanol–water partition coefficient (Wildman–Crippen LogP) is 3.41. The SMILES string of the molecule is Cc1ccc(C(=O)NC2CCCCCC2C(=O)O)cc1Cl. The van der Waals surface area contributed by atoms with Gasteiger partial charge in [0.1, 0.15) is 0 Å². The molecule has 1 aliphatic rings. The van der Waals surface area contributed by atoms with Crippen LogP contribution in [0.15, 0.2) is 18.2 Å². The molecule has 0 bridgehead atoms. The predicted molar refractivity (Wildman–Crippen MR) is 81.7 cm³/mol. The Morgan fingerprint density at radius 3 is 2.62 bits per heavy atom. The molecule has 0 spiro atoms. The summed E-state index contributed by atoms with van der Waals surface area (Å²) in [7, 11) is 0. The maximum absolute atomic E-state index is 12.3. The fourth-order valence-electron chi connectivity index (χ4n) is 2.76. The van der Waals surface area contributed by atoms with Gasteiger partial charge in [0.15, 0.2) is 0 Å². The van der Waals surface area contributed by atoms with Gasteiger partial charge in [-0.05, 0) is 37.5 Å². The number of nitrogens with one attached hydrogen (secondary N) is 1. The molecule has 4 nitrogen and oxygen atoms in total. The first-order valence-corrected chi connectivity index (χ1v) is 7.66. The minimum absolute atomic E-state index is 0.255. The van der Waals surface area contributed by atoms with Gasteiger partial charge in [-0.25, -0.2) is 0 Å². The molecule has 1 aliphatic carbocycles. The number of benzene rings is 1. The van der Waals surface area contributed by atoms with Gasteiger partial charge in [0.25, 0.3) is 5.91 Å². The Labute approximate surface area is 129 Å². The molecule has 1 aromatic rings. The van der Waals surface area contributed by atoms with Crippen LogP contribution in [0.4, 0.5) is 0 Å². The quantitative estimate of drug-likeness (QED) is 0.841. The van der Waals surface area contributed by atoms with Gasteiger partial charge in [-0.2, -0.15) is 0 Å². The van der Waals surface area contributed by atoms with Gasteiger partial charge in [0, 0.05) is 16.6 Å². The highest BCUT2D eigenvalue weighted by atomic mass is 35.5. The van der Waals surface area contributed by atoms with Crippen LogP contribution < -0.4 is 5.32 Å². The average Bonchev–Trinajstić information content (AvgIpc) is 2.67. The Morgan fingerprint density at radius 1 is 1.24 bits per heavy atom. The summed E-state index contributed by atoms with van der Waals surface area (Å²) in [5.41, 5.74) is 1.38. The maximum atomic E-state index is 12.3. The third kappa shape index (κ3) is 3.97. The third-order valence-corrected chi connectivity index (χ3v) is 4.49. The van der Waals surface area contributed by atoms with Crippen molar-refractivity contribution in [3.8, 4) is 0 Å². The number of halogens is 1. The highest BCUT2D eigenvalue weighted by Gasteiger charge is 2.30. The molecule has 0 aliphatic heterocycles. The number of carboxylic acid groups (broad SMARTS) is 1. The number of hydrogen-bond acceptors (Lipinski definition) is 2. The van der Waals surface area contributed by atoms with Gasteiger partial charge in [0.2, 0.25) is 0 Å². The van der Waals surface area contributed by atoms with Crippen molar-refractivity contribution in [1.82, 2.24) is 5.32 Å². The van der Waals surface area contributed by atoms with Crippen molar-refractivity contribution in [1.29, 1.82) is 0 Å². The third-order valence-electron chi connectivity index (χ3n) is 4.08. The van der Waals surface area contributed by atoms with E-state index in [0.717, 1.165) is 24.8 Å². The van der Waals surface area contributed by atoms with Crippen molar-refractivity contribution in [2.75, 3.05) is 0 Å². The minimum atomic E-state index is -0.830. The van der Waals surface area contributed by atoms with E-state index in [1.807, 2.05) is 6.92 Å². The summed E-state index contributed by atoms with van der Waals surface area (Å²) < 4.78 is 0. The summed E-state index contributed by atoms with van der Waals surface area (Å²) in [6.45, 7) is 1.87. The van der Waals surface area contributed by atoms with Crippen LogP contribution in [0.25, 0.3) is 0 Å². The van der Waals surface area contributed by atoms with E-state index < -0.39 is 11.9 Å². The molecular formula is C16H20ClNO3. The molecular weight excluding hydrogens is 290 g/mol. The van der Waals surface area contributed by atoms with Crippen molar-refractivity contribution in [2.24, 2.45) is 5.92 Å². The number of carbonyl (C=O) groups excluding carboxylic acids is 1. The number of carbonyl (C=O) groups is 2. The van der Waals surface area contributed by atoms with Gasteiger partial charge >= 0.3 is 5.97 Å². The Hall–Kier alpha value is -1.55. The fraction of sp³-hybridized carbons (Fsp3) is 0.500. The molecule has 1 fully saturated rings. The standard InChI is InChI=1S/C16H20ClNO3/c1-10-7-8-11(9-13(10)17)15(19)18-14-6-4-2-3-5-12(14)16(20)21/h7-9,12,14H,2-6H2,1H3,(H,18,19)(H,20,21). The second kappa shape index (κ2) is 6.94. The van der Waals surface area contributed by atoms with E-state index in [1.165, 1.54) is 0 Å². The summed E-state index contributed by atoms with van der Waals surface area (Å²) in [6.07, 6.45) is 4.20. The lowest BCUT2D eigenvalue weighted by atomic mass is 9.94. The van der Waals surface area contributed by atoms with Crippen molar-refractivity contribution >= 4 is 23.5 Å². The molecule has 5 heteroatoms. The smallest absolute Gasteiger partial charge is 0.308 e. The zero-order chi connectivity index (χ0) is 15.4. The topological polar surface area (TPSA) is 66.4 Å². The number of hydrogen-bond donors (Lipinski definition) is 2. The average molecular weight is 310 g/mol.